The quantitative estimate of drug-likeness (QED) is 0.246. The maximum atomic E-state index is 13.4. The van der Waals surface area contributed by atoms with Crippen LogP contribution in [0.5, 0.6) is 0 Å². The Morgan fingerprint density at radius 1 is 0.842 bits per heavy atom. The zero-order valence-corrected chi connectivity index (χ0v) is 21.5. The van der Waals surface area contributed by atoms with Crippen molar-refractivity contribution in [3.05, 3.63) is 131 Å². The molecule has 0 aliphatic heterocycles. The third-order valence-electron chi connectivity index (χ3n) is 6.59. The molecule has 1 atom stereocenters. The number of hydrogen-bond donors (Lipinski definition) is 1. The molecular formula is C32H31F3N2O. The highest BCUT2D eigenvalue weighted by atomic mass is 19.4. The van der Waals surface area contributed by atoms with Crippen molar-refractivity contribution in [3.8, 4) is 0 Å². The largest absolute Gasteiger partial charge is 0.416 e. The lowest BCUT2D eigenvalue weighted by atomic mass is 9.97. The molecule has 0 aromatic heterocycles. The third kappa shape index (κ3) is 6.43. The maximum Gasteiger partial charge on any atom is 0.416 e. The fourth-order valence-electron chi connectivity index (χ4n) is 4.70. The molecule has 0 spiro atoms. The SMILES string of the molecule is CNC(=O)[C@H](c1ccccc1)N(c1cccc(C)c1)c1ccccc1CCCc1ccc(C(F)(F)F)cc1. The summed E-state index contributed by atoms with van der Waals surface area (Å²) < 4.78 is 38.7. The zero-order chi connectivity index (χ0) is 27.1. The molecular weight excluding hydrogens is 485 g/mol. The van der Waals surface area contributed by atoms with Crippen LogP contribution in [0.4, 0.5) is 24.5 Å². The number of para-hydroxylation sites is 1. The van der Waals surface area contributed by atoms with Gasteiger partial charge >= 0.3 is 6.18 Å². The van der Waals surface area contributed by atoms with Crippen LogP contribution in [0.2, 0.25) is 0 Å². The number of alkyl halides is 3. The van der Waals surface area contributed by atoms with Crippen LogP contribution in [0.3, 0.4) is 0 Å². The Hall–Kier alpha value is -4.06. The molecule has 0 aliphatic rings. The van der Waals surface area contributed by atoms with E-state index in [2.05, 4.69) is 22.3 Å². The third-order valence-corrected chi connectivity index (χ3v) is 6.59. The van der Waals surface area contributed by atoms with Crippen molar-refractivity contribution in [3.63, 3.8) is 0 Å². The maximum absolute atomic E-state index is 13.4. The van der Waals surface area contributed by atoms with Crippen molar-refractivity contribution in [2.24, 2.45) is 0 Å². The van der Waals surface area contributed by atoms with Crippen molar-refractivity contribution in [1.29, 1.82) is 0 Å². The number of halogens is 3. The van der Waals surface area contributed by atoms with E-state index in [1.54, 1.807) is 19.2 Å². The van der Waals surface area contributed by atoms with Gasteiger partial charge in [0, 0.05) is 18.4 Å². The topological polar surface area (TPSA) is 32.3 Å². The van der Waals surface area contributed by atoms with Crippen molar-refractivity contribution in [2.45, 2.75) is 38.4 Å². The van der Waals surface area contributed by atoms with Gasteiger partial charge in [0.05, 0.1) is 5.56 Å². The van der Waals surface area contributed by atoms with E-state index >= 15 is 0 Å². The molecule has 1 amide bonds. The first-order valence-corrected chi connectivity index (χ1v) is 12.6. The highest BCUT2D eigenvalue weighted by Crippen LogP contribution is 2.38. The average Bonchev–Trinajstić information content (AvgIpc) is 2.92. The number of hydrogen-bond acceptors (Lipinski definition) is 2. The number of anilines is 2. The molecule has 0 unspecified atom stereocenters. The number of nitrogens with one attached hydrogen (secondary N) is 1. The number of rotatable bonds is 9. The number of carbonyl (C=O) groups excluding carboxylic acids is 1. The molecule has 196 valence electrons. The summed E-state index contributed by atoms with van der Waals surface area (Å²) in [5, 5.41) is 2.84. The van der Waals surface area contributed by atoms with E-state index in [1.165, 1.54) is 0 Å². The van der Waals surface area contributed by atoms with Gasteiger partial charge in [0.1, 0.15) is 6.04 Å². The second-order valence-electron chi connectivity index (χ2n) is 9.31. The Kier molecular flexibility index (Phi) is 8.52. The number of nitrogens with zero attached hydrogens (tertiary/aromatic N) is 1. The lowest BCUT2D eigenvalue weighted by Gasteiger charge is -2.34. The molecule has 0 heterocycles. The van der Waals surface area contributed by atoms with Crippen molar-refractivity contribution >= 4 is 17.3 Å². The molecule has 0 aliphatic carbocycles. The number of amides is 1. The molecule has 0 bridgehead atoms. The van der Waals surface area contributed by atoms with Crippen molar-refractivity contribution in [2.75, 3.05) is 11.9 Å². The van der Waals surface area contributed by atoms with Gasteiger partial charge < -0.3 is 10.2 Å². The van der Waals surface area contributed by atoms with Gasteiger partial charge in [-0.25, -0.2) is 0 Å². The van der Waals surface area contributed by atoms with Crippen LogP contribution in [0.1, 0.15) is 40.3 Å². The lowest BCUT2D eigenvalue weighted by Crippen LogP contribution is -2.37. The van der Waals surface area contributed by atoms with E-state index < -0.39 is 17.8 Å². The Bertz CT molecular complexity index is 1350. The van der Waals surface area contributed by atoms with Gasteiger partial charge in [0.15, 0.2) is 0 Å². The smallest absolute Gasteiger partial charge is 0.357 e. The summed E-state index contributed by atoms with van der Waals surface area (Å²) in [6.07, 6.45) is -2.24. The van der Waals surface area contributed by atoms with Crippen LogP contribution < -0.4 is 10.2 Å². The van der Waals surface area contributed by atoms with E-state index in [0.29, 0.717) is 12.8 Å². The van der Waals surface area contributed by atoms with Crippen LogP contribution in [0.25, 0.3) is 0 Å². The normalized spacial score (nSPS) is 12.1. The molecule has 4 aromatic rings. The predicted molar refractivity (Wildman–Crippen MR) is 146 cm³/mol. The van der Waals surface area contributed by atoms with E-state index in [1.807, 2.05) is 73.7 Å². The second-order valence-corrected chi connectivity index (χ2v) is 9.31. The van der Waals surface area contributed by atoms with Gasteiger partial charge in [-0.15, -0.1) is 0 Å². The summed E-state index contributed by atoms with van der Waals surface area (Å²) in [6.45, 7) is 2.02. The van der Waals surface area contributed by atoms with E-state index in [-0.39, 0.29) is 5.91 Å². The first kappa shape index (κ1) is 27.0. The Labute approximate surface area is 221 Å². The Morgan fingerprint density at radius 2 is 1.53 bits per heavy atom. The minimum Gasteiger partial charge on any atom is -0.357 e. The van der Waals surface area contributed by atoms with Crippen LogP contribution >= 0.6 is 0 Å². The predicted octanol–water partition coefficient (Wildman–Crippen LogP) is 7.81. The summed E-state index contributed by atoms with van der Waals surface area (Å²) in [5.74, 6) is -0.128. The molecule has 3 nitrogen and oxygen atoms in total. The second kappa shape index (κ2) is 12.0. The van der Waals surface area contributed by atoms with Gasteiger partial charge in [-0.05, 0) is 78.8 Å². The van der Waals surface area contributed by atoms with Crippen molar-refractivity contribution < 1.29 is 18.0 Å². The van der Waals surface area contributed by atoms with E-state index in [4.69, 9.17) is 0 Å². The van der Waals surface area contributed by atoms with Crippen LogP contribution in [-0.2, 0) is 23.8 Å². The van der Waals surface area contributed by atoms with Gasteiger partial charge in [0.2, 0.25) is 5.91 Å². The number of carbonyl (C=O) groups is 1. The summed E-state index contributed by atoms with van der Waals surface area (Å²) in [4.78, 5) is 15.4. The van der Waals surface area contributed by atoms with Crippen LogP contribution in [0.15, 0.2) is 103 Å². The fraction of sp³-hybridized carbons (Fsp3) is 0.219. The summed E-state index contributed by atoms with van der Waals surface area (Å²) in [7, 11) is 1.64. The standard InChI is InChI=1S/C32H31F3N2O/c1-23-10-8-16-28(22-23)37(30(31(38)36-2)26-13-4-3-5-14-26)29-17-7-6-12-25(29)15-9-11-24-18-20-27(21-19-24)32(33,34)35/h3-8,10,12-14,16-22,30H,9,11,15H2,1-2H3,(H,36,38)/t30-/m0/s1. The highest BCUT2D eigenvalue weighted by Gasteiger charge is 2.31. The van der Waals surface area contributed by atoms with Crippen molar-refractivity contribution in [1.82, 2.24) is 5.32 Å². The molecule has 1 N–H and O–H groups in total. The number of likely N-dealkylation sites (N-methyl/N-ethyl adjacent to an activating group) is 1. The summed E-state index contributed by atoms with van der Waals surface area (Å²) >= 11 is 0. The molecule has 6 heteroatoms. The number of aryl methyl sites for hydroxylation is 3. The van der Waals surface area contributed by atoms with E-state index in [9.17, 15) is 18.0 Å². The van der Waals surface area contributed by atoms with Gasteiger partial charge in [0.25, 0.3) is 0 Å². The minimum atomic E-state index is -4.34. The minimum absolute atomic E-state index is 0.128. The summed E-state index contributed by atoms with van der Waals surface area (Å²) in [5.41, 5.74) is 5.05. The molecule has 0 saturated carbocycles. The molecule has 38 heavy (non-hydrogen) atoms. The first-order valence-electron chi connectivity index (χ1n) is 12.6. The highest BCUT2D eigenvalue weighted by molar-refractivity contribution is 5.89. The fourth-order valence-corrected chi connectivity index (χ4v) is 4.70. The molecule has 0 saturated heterocycles. The van der Waals surface area contributed by atoms with E-state index in [0.717, 1.165) is 52.2 Å². The van der Waals surface area contributed by atoms with Gasteiger partial charge in [-0.2, -0.15) is 13.2 Å². The van der Waals surface area contributed by atoms with Crippen LogP contribution in [-0.4, -0.2) is 13.0 Å². The molecule has 0 radical (unpaired) electrons. The Morgan fingerprint density at radius 3 is 2.18 bits per heavy atom. The average molecular weight is 517 g/mol. The number of benzene rings is 4. The van der Waals surface area contributed by atoms with Gasteiger partial charge in [-0.1, -0.05) is 72.8 Å². The summed E-state index contributed by atoms with van der Waals surface area (Å²) in [6, 6.07) is 30.5. The molecule has 4 rings (SSSR count). The molecule has 4 aromatic carbocycles. The monoisotopic (exact) mass is 516 g/mol. The van der Waals surface area contributed by atoms with Crippen LogP contribution in [0, 0.1) is 6.92 Å². The molecule has 0 fully saturated rings. The Balaban J connectivity index is 1.67. The van der Waals surface area contributed by atoms with Gasteiger partial charge in [-0.3, -0.25) is 4.79 Å². The first-order chi connectivity index (χ1) is 18.3. The lowest BCUT2D eigenvalue weighted by molar-refractivity contribution is -0.137. The zero-order valence-electron chi connectivity index (χ0n) is 21.5.